The molecule has 1 rings (SSSR count). The smallest absolute Gasteiger partial charge is 0.335 e. The molecule has 0 aliphatic carbocycles. The fraction of sp³-hybridized carbons (Fsp3) is 0.692. The van der Waals surface area contributed by atoms with E-state index in [0.29, 0.717) is 19.3 Å². The normalized spacial score (nSPS) is 18.7. The molecule has 0 aromatic rings. The van der Waals surface area contributed by atoms with Crippen molar-refractivity contribution in [2.45, 2.75) is 276 Å². The van der Waals surface area contributed by atoms with Gasteiger partial charge in [0.1, 0.15) is 18.8 Å². The largest absolute Gasteiger partial charge is 0.479 e. The van der Waals surface area contributed by atoms with Crippen molar-refractivity contribution in [2.75, 3.05) is 13.2 Å². The van der Waals surface area contributed by atoms with E-state index in [1.807, 2.05) is 0 Å². The second-order valence-corrected chi connectivity index (χ2v) is 20.2. The molecule has 6 atom stereocenters. The first kappa shape index (κ1) is 70.7. The van der Waals surface area contributed by atoms with Crippen LogP contribution in [0.15, 0.2) is 97.2 Å². The van der Waals surface area contributed by atoms with Crippen LogP contribution in [-0.2, 0) is 42.9 Å². The average Bonchev–Trinajstić information content (AvgIpc) is 3.42. The number of esters is 3. The predicted octanol–water partition coefficient (Wildman–Crippen LogP) is 15.7. The lowest BCUT2D eigenvalue weighted by atomic mass is 9.98. The lowest BCUT2D eigenvalue weighted by Gasteiger charge is -2.40. The summed E-state index contributed by atoms with van der Waals surface area (Å²) in [6, 6.07) is 0. The fourth-order valence-corrected chi connectivity index (χ4v) is 8.54. The number of carboxylic acid groups (broad SMARTS) is 1. The number of hydrogen-bond donors (Lipinski definition) is 3. The van der Waals surface area contributed by atoms with Crippen molar-refractivity contribution < 1.29 is 58.2 Å². The summed E-state index contributed by atoms with van der Waals surface area (Å²) in [5, 5.41) is 31.5. The number of rotatable bonds is 50. The number of carbonyl (C=O) groups is 4. The molecule has 1 fully saturated rings. The molecule has 3 N–H and O–H groups in total. The van der Waals surface area contributed by atoms with E-state index >= 15 is 0 Å². The standard InChI is InChI=1S/C65H106O12/c1-4-7-10-13-16-19-22-25-28-29-32-35-38-41-44-47-50-53-59(68)76-63-61(70)60(69)62(64(71)72)77-65(63)74-55-56(75-58(67)52-49-46-43-40-37-34-31-27-24-21-18-15-12-9-6-3)54-73-57(66)51-48-45-42-39-36-33-30-26-23-20-17-14-11-8-5-2/h8-9,11-12,16-21,25-28,30-31,56,60-63,65,69-70H,4-7,10,13-15,22-24,29,32-55H2,1-3H3,(H,71,72)/b11-8-,12-9-,19-16-,20-17-,21-18-,28-25-,30-26-,31-27-. The number of unbranched alkanes of at least 4 members (excludes halogenated alkanes) is 20. The molecule has 438 valence electrons. The number of allylic oxidation sites excluding steroid dienone is 16. The van der Waals surface area contributed by atoms with Gasteiger partial charge in [0.05, 0.1) is 6.61 Å². The summed E-state index contributed by atoms with van der Waals surface area (Å²) in [6.07, 6.45) is 56.5. The number of carbonyl (C=O) groups excluding carboxylic acids is 3. The van der Waals surface area contributed by atoms with Gasteiger partial charge >= 0.3 is 23.9 Å². The molecule has 6 unspecified atom stereocenters. The number of carboxylic acids is 1. The monoisotopic (exact) mass is 1080 g/mol. The summed E-state index contributed by atoms with van der Waals surface area (Å²) >= 11 is 0. The van der Waals surface area contributed by atoms with Crippen molar-refractivity contribution in [1.82, 2.24) is 0 Å². The molecule has 1 aliphatic heterocycles. The number of aliphatic carboxylic acids is 1. The maximum Gasteiger partial charge on any atom is 0.335 e. The third-order valence-electron chi connectivity index (χ3n) is 13.1. The van der Waals surface area contributed by atoms with Gasteiger partial charge < -0.3 is 39.0 Å². The van der Waals surface area contributed by atoms with Gasteiger partial charge in [0.25, 0.3) is 0 Å². The Morgan fingerprint density at radius 2 is 0.818 bits per heavy atom. The van der Waals surface area contributed by atoms with Gasteiger partial charge in [-0.3, -0.25) is 14.4 Å². The SMILES string of the molecule is CC/C=C\C/C=C\C/C=C\CCCCCCCC(=O)OCC(COC1OC(C(=O)O)C(O)C(O)C1OC(=O)CCCCCCCCC/C=C\C/C=C\CCCCC)OC(=O)CCCCCCC/C=C\C/C=C\C/C=C\CC. The maximum absolute atomic E-state index is 13.2. The molecule has 0 saturated carbocycles. The molecule has 77 heavy (non-hydrogen) atoms. The first-order chi connectivity index (χ1) is 37.6. The van der Waals surface area contributed by atoms with Gasteiger partial charge in [-0.25, -0.2) is 4.79 Å². The Morgan fingerprint density at radius 1 is 0.442 bits per heavy atom. The summed E-state index contributed by atoms with van der Waals surface area (Å²) < 4.78 is 28.4. The minimum Gasteiger partial charge on any atom is -0.479 e. The van der Waals surface area contributed by atoms with Crippen LogP contribution in [0.5, 0.6) is 0 Å². The van der Waals surface area contributed by atoms with Gasteiger partial charge in [-0.2, -0.15) is 0 Å². The molecule has 0 radical (unpaired) electrons. The third kappa shape index (κ3) is 42.3. The van der Waals surface area contributed by atoms with Crippen LogP contribution in [0.4, 0.5) is 0 Å². The Bertz CT molecular complexity index is 1710. The molecule has 0 amide bonds. The average molecular weight is 1080 g/mol. The van der Waals surface area contributed by atoms with E-state index in [1.54, 1.807) is 0 Å². The second-order valence-electron chi connectivity index (χ2n) is 20.2. The van der Waals surface area contributed by atoms with Crippen molar-refractivity contribution in [3.8, 4) is 0 Å². The summed E-state index contributed by atoms with van der Waals surface area (Å²) in [6.45, 7) is 5.71. The van der Waals surface area contributed by atoms with E-state index in [-0.39, 0.29) is 25.9 Å². The molecule has 1 heterocycles. The van der Waals surface area contributed by atoms with E-state index in [4.69, 9.17) is 23.7 Å². The number of aliphatic hydroxyl groups excluding tert-OH is 2. The van der Waals surface area contributed by atoms with Gasteiger partial charge in [-0.1, -0.05) is 201 Å². The highest BCUT2D eigenvalue weighted by Crippen LogP contribution is 2.26. The molecule has 1 saturated heterocycles. The molecular weight excluding hydrogens is 973 g/mol. The van der Waals surface area contributed by atoms with Crippen LogP contribution < -0.4 is 0 Å². The number of ether oxygens (including phenoxy) is 5. The van der Waals surface area contributed by atoms with Gasteiger partial charge in [-0.05, 0) is 116 Å². The van der Waals surface area contributed by atoms with Crippen LogP contribution in [0.3, 0.4) is 0 Å². The Morgan fingerprint density at radius 3 is 1.25 bits per heavy atom. The summed E-state index contributed by atoms with van der Waals surface area (Å²) in [7, 11) is 0. The molecule has 12 nitrogen and oxygen atoms in total. The number of aliphatic hydroxyl groups is 2. The lowest BCUT2D eigenvalue weighted by molar-refractivity contribution is -0.301. The Labute approximate surface area is 466 Å². The molecule has 0 aromatic heterocycles. The van der Waals surface area contributed by atoms with Gasteiger partial charge in [0.15, 0.2) is 24.6 Å². The van der Waals surface area contributed by atoms with Crippen LogP contribution in [0.1, 0.15) is 239 Å². The molecule has 1 aliphatic rings. The topological polar surface area (TPSA) is 175 Å². The zero-order chi connectivity index (χ0) is 56.1. The van der Waals surface area contributed by atoms with E-state index in [2.05, 4.69) is 118 Å². The molecule has 12 heteroatoms. The maximum atomic E-state index is 13.2. The van der Waals surface area contributed by atoms with Crippen LogP contribution in [0.2, 0.25) is 0 Å². The number of hydrogen-bond acceptors (Lipinski definition) is 11. The first-order valence-corrected chi connectivity index (χ1v) is 30.2. The van der Waals surface area contributed by atoms with Crippen molar-refractivity contribution >= 4 is 23.9 Å². The summed E-state index contributed by atoms with van der Waals surface area (Å²) in [5.41, 5.74) is 0. The Balaban J connectivity index is 2.71. The van der Waals surface area contributed by atoms with Crippen LogP contribution >= 0.6 is 0 Å². The van der Waals surface area contributed by atoms with Gasteiger partial charge in [0.2, 0.25) is 0 Å². The highest BCUT2D eigenvalue weighted by Gasteiger charge is 2.50. The Hall–Kier alpha value is -4.36. The Kier molecular flexibility index (Phi) is 48.0. The van der Waals surface area contributed by atoms with Crippen molar-refractivity contribution in [3.63, 3.8) is 0 Å². The fourth-order valence-electron chi connectivity index (χ4n) is 8.54. The first-order valence-electron chi connectivity index (χ1n) is 30.2. The van der Waals surface area contributed by atoms with E-state index in [1.165, 1.54) is 19.3 Å². The third-order valence-corrected chi connectivity index (χ3v) is 13.1. The minimum atomic E-state index is -1.92. The van der Waals surface area contributed by atoms with Crippen molar-refractivity contribution in [1.29, 1.82) is 0 Å². The molecular formula is C65H106O12. The highest BCUT2D eigenvalue weighted by atomic mass is 16.7. The minimum absolute atomic E-state index is 0.0437. The van der Waals surface area contributed by atoms with Crippen LogP contribution in [0.25, 0.3) is 0 Å². The van der Waals surface area contributed by atoms with Gasteiger partial charge in [0, 0.05) is 19.3 Å². The predicted molar refractivity (Wildman–Crippen MR) is 312 cm³/mol. The van der Waals surface area contributed by atoms with E-state index in [0.717, 1.165) is 161 Å². The highest BCUT2D eigenvalue weighted by molar-refractivity contribution is 5.74. The zero-order valence-corrected chi connectivity index (χ0v) is 48.2. The molecule has 0 spiro atoms. The lowest BCUT2D eigenvalue weighted by Crippen LogP contribution is -2.61. The van der Waals surface area contributed by atoms with Crippen LogP contribution in [0, 0.1) is 0 Å². The molecule has 0 bridgehead atoms. The van der Waals surface area contributed by atoms with Crippen LogP contribution in [-0.4, -0.2) is 89.2 Å². The van der Waals surface area contributed by atoms with Gasteiger partial charge in [-0.15, -0.1) is 0 Å². The quantitative estimate of drug-likeness (QED) is 0.0228. The molecule has 0 aromatic carbocycles. The van der Waals surface area contributed by atoms with Crippen molar-refractivity contribution in [2.24, 2.45) is 0 Å². The zero-order valence-electron chi connectivity index (χ0n) is 48.2. The van der Waals surface area contributed by atoms with Crippen molar-refractivity contribution in [3.05, 3.63) is 97.2 Å². The van der Waals surface area contributed by atoms with E-state index < -0.39 is 67.3 Å². The van der Waals surface area contributed by atoms with E-state index in [9.17, 15) is 34.5 Å². The summed E-state index contributed by atoms with van der Waals surface area (Å²) in [5.74, 6) is -3.18. The second kappa shape index (κ2) is 52.3. The summed E-state index contributed by atoms with van der Waals surface area (Å²) in [4.78, 5) is 51.2.